The number of rotatable bonds is 4. The highest BCUT2D eigenvalue weighted by Crippen LogP contribution is 2.29. The van der Waals surface area contributed by atoms with Gasteiger partial charge in [-0.05, 0) is 37.1 Å². The molecule has 21 heavy (non-hydrogen) atoms. The molecule has 2 amide bonds. The molecule has 3 N–H and O–H groups in total. The molecule has 1 saturated heterocycles. The highest BCUT2D eigenvalue weighted by molar-refractivity contribution is 7.10. The van der Waals surface area contributed by atoms with Crippen molar-refractivity contribution in [2.45, 2.75) is 37.8 Å². The maximum Gasteiger partial charge on any atom is 0.244 e. The molecular weight excluding hydrogens is 286 g/mol. The van der Waals surface area contributed by atoms with Gasteiger partial charge in [0, 0.05) is 29.9 Å². The number of carbonyl (C=O) groups excluding carboxylic acids is 2. The van der Waals surface area contributed by atoms with Crippen LogP contribution in [0.25, 0.3) is 0 Å². The van der Waals surface area contributed by atoms with Crippen molar-refractivity contribution in [2.24, 2.45) is 11.7 Å². The van der Waals surface area contributed by atoms with Crippen LogP contribution in [0.1, 0.15) is 36.6 Å². The van der Waals surface area contributed by atoms with Crippen molar-refractivity contribution in [3.63, 3.8) is 0 Å². The van der Waals surface area contributed by atoms with E-state index in [9.17, 15) is 9.59 Å². The number of amides is 2. The summed E-state index contributed by atoms with van der Waals surface area (Å²) >= 11 is 1.51. The number of nitrogens with zero attached hydrogens (tertiary/aromatic N) is 1. The molecule has 1 aliphatic carbocycles. The van der Waals surface area contributed by atoms with Gasteiger partial charge in [-0.2, -0.15) is 0 Å². The normalized spacial score (nSPS) is 21.1. The summed E-state index contributed by atoms with van der Waals surface area (Å²) in [6, 6.07) is 3.46. The van der Waals surface area contributed by atoms with Crippen LogP contribution in [0, 0.1) is 5.92 Å². The third kappa shape index (κ3) is 3.44. The van der Waals surface area contributed by atoms with Crippen LogP contribution in [0.5, 0.6) is 0 Å². The van der Waals surface area contributed by atoms with Crippen LogP contribution in [0.4, 0.5) is 0 Å². The van der Waals surface area contributed by atoms with Gasteiger partial charge >= 0.3 is 0 Å². The Kier molecular flexibility index (Phi) is 4.26. The van der Waals surface area contributed by atoms with Crippen molar-refractivity contribution < 1.29 is 9.59 Å². The molecule has 0 spiro atoms. The van der Waals surface area contributed by atoms with Crippen LogP contribution < -0.4 is 11.1 Å². The summed E-state index contributed by atoms with van der Waals surface area (Å²) in [6.07, 6.45) is 3.69. The number of thiophene rings is 1. The molecule has 1 aromatic heterocycles. The van der Waals surface area contributed by atoms with Crippen molar-refractivity contribution in [3.05, 3.63) is 22.4 Å². The molecule has 2 aliphatic rings. The molecule has 0 bridgehead atoms. The van der Waals surface area contributed by atoms with Gasteiger partial charge in [-0.15, -0.1) is 11.3 Å². The third-order valence-corrected chi connectivity index (χ3v) is 5.17. The second kappa shape index (κ2) is 6.15. The topological polar surface area (TPSA) is 75.4 Å². The van der Waals surface area contributed by atoms with Gasteiger partial charge < -0.3 is 16.0 Å². The molecule has 5 nitrogen and oxygen atoms in total. The fraction of sp³-hybridized carbons (Fsp3) is 0.600. The van der Waals surface area contributed by atoms with E-state index in [-0.39, 0.29) is 23.8 Å². The number of hydrogen-bond donors (Lipinski definition) is 2. The Labute approximate surface area is 128 Å². The lowest BCUT2D eigenvalue weighted by atomic mass is 10.0. The quantitative estimate of drug-likeness (QED) is 0.879. The van der Waals surface area contributed by atoms with E-state index < -0.39 is 6.04 Å². The first kappa shape index (κ1) is 14.5. The molecule has 3 rings (SSSR count). The van der Waals surface area contributed by atoms with Crippen LogP contribution >= 0.6 is 11.3 Å². The molecule has 1 aromatic rings. The molecule has 2 heterocycles. The number of piperidine rings is 1. The van der Waals surface area contributed by atoms with Gasteiger partial charge in [0.25, 0.3) is 0 Å². The molecule has 1 aliphatic heterocycles. The minimum absolute atomic E-state index is 0.00980. The van der Waals surface area contributed by atoms with Crippen molar-refractivity contribution >= 4 is 23.2 Å². The van der Waals surface area contributed by atoms with Crippen LogP contribution in [-0.2, 0) is 9.59 Å². The van der Waals surface area contributed by atoms with Crippen molar-refractivity contribution in [3.8, 4) is 0 Å². The first-order valence-electron chi connectivity index (χ1n) is 7.53. The average molecular weight is 307 g/mol. The molecule has 1 atom stereocenters. The summed E-state index contributed by atoms with van der Waals surface area (Å²) in [6.45, 7) is 1.35. The lowest BCUT2D eigenvalue weighted by Crippen LogP contribution is -2.48. The van der Waals surface area contributed by atoms with Gasteiger partial charge in [-0.25, -0.2) is 0 Å². The molecule has 1 unspecified atom stereocenters. The summed E-state index contributed by atoms with van der Waals surface area (Å²) in [7, 11) is 0. The molecule has 1 saturated carbocycles. The highest BCUT2D eigenvalue weighted by Gasteiger charge is 2.33. The molecule has 2 fully saturated rings. The summed E-state index contributed by atoms with van der Waals surface area (Å²) in [5.41, 5.74) is 6.03. The average Bonchev–Trinajstić information content (AvgIpc) is 3.22. The van der Waals surface area contributed by atoms with E-state index >= 15 is 0 Å². The zero-order chi connectivity index (χ0) is 14.8. The van der Waals surface area contributed by atoms with Crippen LogP contribution in [0.2, 0.25) is 0 Å². The lowest BCUT2D eigenvalue weighted by molar-refractivity contribution is -0.133. The van der Waals surface area contributed by atoms with E-state index in [0.717, 1.165) is 30.6 Å². The standard InChI is InChI=1S/C15H21N3O2S/c16-13(12-2-1-9-21-12)15(20)18-7-5-11(6-8-18)17-14(19)10-3-4-10/h1-2,9-11,13H,3-8,16H2,(H,17,19). The van der Waals surface area contributed by atoms with Crippen LogP contribution in [0.15, 0.2) is 17.5 Å². The molecule has 0 aromatic carbocycles. The van der Waals surface area contributed by atoms with Gasteiger partial charge in [0.1, 0.15) is 6.04 Å². The van der Waals surface area contributed by atoms with E-state index in [1.165, 1.54) is 11.3 Å². The predicted molar refractivity (Wildman–Crippen MR) is 81.7 cm³/mol. The monoisotopic (exact) mass is 307 g/mol. The fourth-order valence-corrected chi connectivity index (χ4v) is 3.41. The first-order chi connectivity index (χ1) is 10.1. The minimum Gasteiger partial charge on any atom is -0.353 e. The Morgan fingerprint density at radius 2 is 2.00 bits per heavy atom. The summed E-state index contributed by atoms with van der Waals surface area (Å²) in [5.74, 6) is 0.427. The number of hydrogen-bond acceptors (Lipinski definition) is 4. The molecule has 0 radical (unpaired) electrons. The van der Waals surface area contributed by atoms with Gasteiger partial charge in [0.15, 0.2) is 0 Å². The van der Waals surface area contributed by atoms with E-state index in [0.29, 0.717) is 13.1 Å². The SMILES string of the molecule is NC(C(=O)N1CCC(NC(=O)C2CC2)CC1)c1cccs1. The Morgan fingerprint density at radius 1 is 1.29 bits per heavy atom. The van der Waals surface area contributed by atoms with Gasteiger partial charge in [0.2, 0.25) is 11.8 Å². The van der Waals surface area contributed by atoms with Crippen LogP contribution in [0.3, 0.4) is 0 Å². The summed E-state index contributed by atoms with van der Waals surface area (Å²) in [5, 5.41) is 5.02. The number of nitrogens with two attached hydrogens (primary N) is 1. The van der Waals surface area contributed by atoms with Gasteiger partial charge in [-0.3, -0.25) is 9.59 Å². The largest absolute Gasteiger partial charge is 0.353 e. The maximum atomic E-state index is 12.4. The predicted octanol–water partition coefficient (Wildman–Crippen LogP) is 1.27. The lowest BCUT2D eigenvalue weighted by Gasteiger charge is -2.33. The van der Waals surface area contributed by atoms with Crippen LogP contribution in [-0.4, -0.2) is 35.8 Å². The Bertz CT molecular complexity index is 505. The fourth-order valence-electron chi connectivity index (χ4n) is 2.70. The van der Waals surface area contributed by atoms with Crippen molar-refractivity contribution in [1.82, 2.24) is 10.2 Å². The van der Waals surface area contributed by atoms with Gasteiger partial charge in [-0.1, -0.05) is 6.07 Å². The maximum absolute atomic E-state index is 12.4. The van der Waals surface area contributed by atoms with E-state index in [1.54, 1.807) is 0 Å². The second-order valence-electron chi connectivity index (χ2n) is 5.88. The number of likely N-dealkylation sites (tertiary alicyclic amines) is 1. The summed E-state index contributed by atoms with van der Waals surface area (Å²) < 4.78 is 0. The number of nitrogens with one attached hydrogen (secondary N) is 1. The highest BCUT2D eigenvalue weighted by atomic mass is 32.1. The molecule has 114 valence electrons. The zero-order valence-corrected chi connectivity index (χ0v) is 12.8. The zero-order valence-electron chi connectivity index (χ0n) is 12.0. The molecular formula is C15H21N3O2S. The Balaban J connectivity index is 1.48. The van der Waals surface area contributed by atoms with Crippen molar-refractivity contribution in [2.75, 3.05) is 13.1 Å². The van der Waals surface area contributed by atoms with E-state index in [4.69, 9.17) is 5.73 Å². The Morgan fingerprint density at radius 3 is 2.57 bits per heavy atom. The van der Waals surface area contributed by atoms with Gasteiger partial charge in [0.05, 0.1) is 0 Å². The smallest absolute Gasteiger partial charge is 0.244 e. The first-order valence-corrected chi connectivity index (χ1v) is 8.41. The van der Waals surface area contributed by atoms with E-state index in [2.05, 4.69) is 5.32 Å². The van der Waals surface area contributed by atoms with E-state index in [1.807, 2.05) is 22.4 Å². The van der Waals surface area contributed by atoms with Crippen molar-refractivity contribution in [1.29, 1.82) is 0 Å². The summed E-state index contributed by atoms with van der Waals surface area (Å²) in [4.78, 5) is 26.8. The minimum atomic E-state index is -0.553. The number of carbonyl (C=O) groups is 2. The third-order valence-electron chi connectivity index (χ3n) is 4.22. The Hall–Kier alpha value is -1.40. The second-order valence-corrected chi connectivity index (χ2v) is 6.85. The molecule has 6 heteroatoms.